The fourth-order valence-corrected chi connectivity index (χ4v) is 4.24. The van der Waals surface area contributed by atoms with E-state index in [0.29, 0.717) is 17.3 Å². The summed E-state index contributed by atoms with van der Waals surface area (Å²) in [7, 11) is -3.87. The molecule has 31 heavy (non-hydrogen) atoms. The van der Waals surface area contributed by atoms with Crippen LogP contribution in [0.5, 0.6) is 0 Å². The van der Waals surface area contributed by atoms with Crippen LogP contribution in [0.3, 0.4) is 0 Å². The average molecular weight is 443 g/mol. The van der Waals surface area contributed by atoms with Crippen molar-refractivity contribution in [3.05, 3.63) is 71.6 Å². The molecule has 1 N–H and O–H groups in total. The molecular formula is C23H26N2O5S. The molecule has 1 aromatic heterocycles. The van der Waals surface area contributed by atoms with Crippen molar-refractivity contribution in [3.8, 4) is 11.5 Å². The molecule has 0 saturated carbocycles. The molecule has 0 unspecified atom stereocenters. The number of carbonyl (C=O) groups excluding carboxylic acids is 1. The molecule has 1 atom stereocenters. The Hall–Kier alpha value is -2.97. The lowest BCUT2D eigenvalue weighted by atomic mass is 10.1. The summed E-state index contributed by atoms with van der Waals surface area (Å²) in [6.07, 6.45) is 0. The molecule has 0 fully saturated rings. The zero-order valence-corrected chi connectivity index (χ0v) is 18.8. The topological polar surface area (TPSA) is 98.5 Å². The summed E-state index contributed by atoms with van der Waals surface area (Å²) in [5.74, 6) is -0.0158. The van der Waals surface area contributed by atoms with Crippen molar-refractivity contribution in [3.63, 3.8) is 0 Å². The van der Waals surface area contributed by atoms with E-state index < -0.39 is 22.0 Å². The van der Waals surface area contributed by atoms with Crippen molar-refractivity contribution in [2.24, 2.45) is 5.92 Å². The number of esters is 1. The number of nitrogens with zero attached hydrogens (tertiary/aromatic N) is 1. The highest BCUT2D eigenvalue weighted by Gasteiger charge is 2.30. The molecule has 3 aromatic rings. The van der Waals surface area contributed by atoms with Gasteiger partial charge in [-0.2, -0.15) is 4.72 Å². The van der Waals surface area contributed by atoms with Crippen LogP contribution in [0.1, 0.15) is 30.9 Å². The number of carbonyl (C=O) groups is 1. The lowest BCUT2D eigenvalue weighted by molar-refractivity contribution is -0.148. The highest BCUT2D eigenvalue weighted by molar-refractivity contribution is 7.89. The minimum absolute atomic E-state index is 0.0939. The van der Waals surface area contributed by atoms with Crippen molar-refractivity contribution in [2.75, 3.05) is 0 Å². The molecule has 0 aliphatic heterocycles. The van der Waals surface area contributed by atoms with Gasteiger partial charge >= 0.3 is 5.97 Å². The van der Waals surface area contributed by atoms with E-state index in [4.69, 9.17) is 9.15 Å². The summed E-state index contributed by atoms with van der Waals surface area (Å²) in [6, 6.07) is 14.8. The predicted octanol–water partition coefficient (Wildman–Crippen LogP) is 4.00. The second kappa shape index (κ2) is 9.45. The van der Waals surface area contributed by atoms with Crippen LogP contribution in [0.25, 0.3) is 11.5 Å². The first kappa shape index (κ1) is 22.7. The number of aryl methyl sites for hydroxylation is 2. The Balaban J connectivity index is 1.70. The summed E-state index contributed by atoms with van der Waals surface area (Å²) in [5.41, 5.74) is 2.24. The maximum Gasteiger partial charge on any atom is 0.324 e. The van der Waals surface area contributed by atoms with Gasteiger partial charge < -0.3 is 9.15 Å². The van der Waals surface area contributed by atoms with E-state index >= 15 is 0 Å². The Morgan fingerprint density at radius 2 is 1.71 bits per heavy atom. The molecule has 2 aromatic carbocycles. The minimum atomic E-state index is -3.87. The van der Waals surface area contributed by atoms with E-state index in [1.165, 1.54) is 12.1 Å². The van der Waals surface area contributed by atoms with Gasteiger partial charge in [0, 0.05) is 5.56 Å². The number of nitrogens with one attached hydrogen (secondary N) is 1. The van der Waals surface area contributed by atoms with Crippen LogP contribution in [-0.4, -0.2) is 25.4 Å². The normalized spacial score (nSPS) is 12.7. The van der Waals surface area contributed by atoms with Crippen LogP contribution in [0, 0.1) is 19.8 Å². The maximum atomic E-state index is 12.7. The first-order valence-corrected chi connectivity index (χ1v) is 11.4. The Bertz CT molecular complexity index is 1140. The monoisotopic (exact) mass is 442 g/mol. The molecule has 0 amide bonds. The Labute approximate surface area is 182 Å². The van der Waals surface area contributed by atoms with Crippen molar-refractivity contribution in [2.45, 2.75) is 45.2 Å². The number of aromatic nitrogens is 1. The van der Waals surface area contributed by atoms with Gasteiger partial charge in [0.25, 0.3) is 0 Å². The number of hydrogen-bond donors (Lipinski definition) is 1. The van der Waals surface area contributed by atoms with Gasteiger partial charge in [-0.1, -0.05) is 49.7 Å². The molecule has 7 nitrogen and oxygen atoms in total. The zero-order valence-electron chi connectivity index (χ0n) is 18.0. The zero-order chi connectivity index (χ0) is 22.6. The Morgan fingerprint density at radius 3 is 2.32 bits per heavy atom. The molecule has 1 heterocycles. The van der Waals surface area contributed by atoms with Crippen LogP contribution in [0.15, 0.2) is 63.9 Å². The third-order valence-electron chi connectivity index (χ3n) is 4.80. The van der Waals surface area contributed by atoms with E-state index in [2.05, 4.69) is 9.71 Å². The quantitative estimate of drug-likeness (QED) is 0.530. The number of oxazole rings is 1. The third kappa shape index (κ3) is 5.59. The number of sulfonamides is 1. The van der Waals surface area contributed by atoms with Gasteiger partial charge in [-0.15, -0.1) is 0 Å². The van der Waals surface area contributed by atoms with Crippen molar-refractivity contribution in [1.29, 1.82) is 0 Å². The number of hydrogen-bond acceptors (Lipinski definition) is 6. The van der Waals surface area contributed by atoms with Gasteiger partial charge in [0.05, 0.1) is 4.90 Å². The van der Waals surface area contributed by atoms with Gasteiger partial charge in [0.1, 0.15) is 24.1 Å². The minimum Gasteiger partial charge on any atom is -0.458 e. The van der Waals surface area contributed by atoms with Gasteiger partial charge in [-0.3, -0.25) is 4.79 Å². The molecule has 0 aliphatic carbocycles. The van der Waals surface area contributed by atoms with E-state index in [-0.39, 0.29) is 17.4 Å². The summed E-state index contributed by atoms with van der Waals surface area (Å²) in [5, 5.41) is 0. The van der Waals surface area contributed by atoms with E-state index in [9.17, 15) is 13.2 Å². The fraction of sp³-hybridized carbons (Fsp3) is 0.304. The summed E-state index contributed by atoms with van der Waals surface area (Å²) < 4.78 is 38.9. The van der Waals surface area contributed by atoms with Crippen LogP contribution >= 0.6 is 0 Å². The highest BCUT2D eigenvalue weighted by atomic mass is 32.2. The number of rotatable bonds is 8. The maximum absolute atomic E-state index is 12.7. The molecule has 3 rings (SSSR count). The van der Waals surface area contributed by atoms with Crippen molar-refractivity contribution < 1.29 is 22.4 Å². The van der Waals surface area contributed by atoms with Crippen molar-refractivity contribution in [1.82, 2.24) is 9.71 Å². The first-order valence-electron chi connectivity index (χ1n) is 9.94. The van der Waals surface area contributed by atoms with Crippen LogP contribution in [-0.2, 0) is 26.2 Å². The van der Waals surface area contributed by atoms with Crippen LogP contribution in [0.2, 0.25) is 0 Å². The van der Waals surface area contributed by atoms with Crippen molar-refractivity contribution >= 4 is 16.0 Å². The summed E-state index contributed by atoms with van der Waals surface area (Å²) in [6.45, 7) is 6.99. The van der Waals surface area contributed by atoms with E-state index in [1.807, 2.05) is 37.3 Å². The van der Waals surface area contributed by atoms with Gasteiger partial charge in [-0.05, 0) is 44.0 Å². The Morgan fingerprint density at radius 1 is 1.06 bits per heavy atom. The van der Waals surface area contributed by atoms with Crippen LogP contribution < -0.4 is 4.72 Å². The standard InChI is InChI=1S/C23H26N2O5S/c1-15(2)21(25-31(27,28)19-12-10-16(3)11-13-19)23(26)29-14-20-17(4)30-22(24-20)18-8-6-5-7-9-18/h5-13,15,21,25H,14H2,1-4H3/t21-/m0/s1. The third-order valence-corrected chi connectivity index (χ3v) is 6.26. The number of benzene rings is 2. The molecule has 0 aliphatic rings. The number of ether oxygens (including phenoxy) is 1. The fourth-order valence-electron chi connectivity index (χ4n) is 2.90. The van der Waals surface area contributed by atoms with Gasteiger partial charge in [0.2, 0.25) is 15.9 Å². The van der Waals surface area contributed by atoms with Crippen LogP contribution in [0.4, 0.5) is 0 Å². The second-order valence-corrected chi connectivity index (χ2v) is 9.37. The molecule has 0 saturated heterocycles. The van der Waals surface area contributed by atoms with Gasteiger partial charge in [-0.25, -0.2) is 13.4 Å². The van der Waals surface area contributed by atoms with E-state index in [0.717, 1.165) is 11.1 Å². The molecule has 164 valence electrons. The predicted molar refractivity (Wildman–Crippen MR) is 117 cm³/mol. The molecule has 8 heteroatoms. The summed E-state index contributed by atoms with van der Waals surface area (Å²) >= 11 is 0. The average Bonchev–Trinajstić information content (AvgIpc) is 3.11. The summed E-state index contributed by atoms with van der Waals surface area (Å²) in [4.78, 5) is 17.2. The molecule has 0 radical (unpaired) electrons. The second-order valence-electron chi connectivity index (χ2n) is 7.65. The van der Waals surface area contributed by atoms with Gasteiger partial charge in [0.15, 0.2) is 0 Å². The highest BCUT2D eigenvalue weighted by Crippen LogP contribution is 2.22. The Kier molecular flexibility index (Phi) is 6.92. The van der Waals surface area contributed by atoms with E-state index in [1.54, 1.807) is 32.9 Å². The largest absolute Gasteiger partial charge is 0.458 e. The lowest BCUT2D eigenvalue weighted by Crippen LogP contribution is -2.45. The first-order chi connectivity index (χ1) is 14.7. The SMILES string of the molecule is Cc1ccc(S(=O)(=O)N[C@H](C(=O)OCc2nc(-c3ccccc3)oc2C)C(C)C)cc1. The molecule has 0 spiro atoms. The lowest BCUT2D eigenvalue weighted by Gasteiger charge is -2.20. The molecular weight excluding hydrogens is 416 g/mol. The smallest absolute Gasteiger partial charge is 0.324 e. The molecule has 0 bridgehead atoms.